The zero-order valence-electron chi connectivity index (χ0n) is 11.5. The first-order valence-electron chi connectivity index (χ1n) is 7.12. The van der Waals surface area contributed by atoms with Crippen LogP contribution in [0.25, 0.3) is 0 Å². The number of fused-ring (bicyclic) bond motifs is 3. The Morgan fingerprint density at radius 3 is 2.29 bits per heavy atom. The molecule has 0 aromatic heterocycles. The molecule has 98 valence electrons. The van der Waals surface area contributed by atoms with Crippen molar-refractivity contribution in [2.24, 2.45) is 28.6 Å². The lowest BCUT2D eigenvalue weighted by molar-refractivity contribution is -0.0674. The van der Waals surface area contributed by atoms with Crippen molar-refractivity contribution in [2.45, 2.75) is 65.1 Å². The third-order valence-corrected chi connectivity index (χ3v) is 6.56. The highest BCUT2D eigenvalue weighted by Gasteiger charge is 2.71. The fraction of sp³-hybridized carbons (Fsp3) is 1.00. The minimum absolute atomic E-state index is 0.0588. The Balaban J connectivity index is 2.03. The Hall–Kier alpha value is -0.0800. The molecule has 3 aliphatic carbocycles. The van der Waals surface area contributed by atoms with Gasteiger partial charge in [-0.25, -0.2) is 0 Å². The van der Waals surface area contributed by atoms with E-state index in [9.17, 15) is 10.2 Å². The fourth-order valence-electron chi connectivity index (χ4n) is 5.38. The van der Waals surface area contributed by atoms with Crippen LogP contribution in [-0.4, -0.2) is 21.9 Å². The maximum atomic E-state index is 10.7. The van der Waals surface area contributed by atoms with Crippen LogP contribution in [0, 0.1) is 28.6 Å². The molecule has 0 aromatic rings. The van der Waals surface area contributed by atoms with Gasteiger partial charge < -0.3 is 10.2 Å². The van der Waals surface area contributed by atoms with Gasteiger partial charge in [-0.15, -0.1) is 0 Å². The Kier molecular flexibility index (Phi) is 2.17. The third-order valence-electron chi connectivity index (χ3n) is 6.56. The lowest BCUT2D eigenvalue weighted by Gasteiger charge is -2.40. The van der Waals surface area contributed by atoms with Crippen molar-refractivity contribution in [3.8, 4) is 0 Å². The van der Waals surface area contributed by atoms with Crippen LogP contribution in [0.3, 0.4) is 0 Å². The Morgan fingerprint density at radius 1 is 1.00 bits per heavy atom. The van der Waals surface area contributed by atoms with Crippen LogP contribution >= 0.6 is 0 Å². The van der Waals surface area contributed by atoms with Crippen LogP contribution in [0.5, 0.6) is 0 Å². The summed E-state index contributed by atoms with van der Waals surface area (Å²) in [6.45, 7) is 8.89. The van der Waals surface area contributed by atoms with Crippen LogP contribution in [-0.2, 0) is 0 Å². The molecular weight excluding hydrogens is 212 g/mol. The molecule has 0 heterocycles. The van der Waals surface area contributed by atoms with Crippen LogP contribution in [0.15, 0.2) is 0 Å². The molecule has 2 N–H and O–H groups in total. The SMILES string of the molecule is CC1(C)C2CC[C@@H](O)[C@@]3(C)CC[C@](C)(O)[C@H]3C21. The zero-order chi connectivity index (χ0) is 12.6. The number of rotatable bonds is 0. The normalized spacial score (nSPS) is 60.4. The summed E-state index contributed by atoms with van der Waals surface area (Å²) in [5.41, 5.74) is -0.256. The van der Waals surface area contributed by atoms with Gasteiger partial charge in [0.15, 0.2) is 0 Å². The highest BCUT2D eigenvalue weighted by molar-refractivity contribution is 5.19. The summed E-state index contributed by atoms with van der Waals surface area (Å²) in [6, 6.07) is 0. The van der Waals surface area contributed by atoms with E-state index in [-0.39, 0.29) is 17.4 Å². The van der Waals surface area contributed by atoms with Gasteiger partial charge in [0.05, 0.1) is 11.7 Å². The fourth-order valence-corrected chi connectivity index (χ4v) is 5.38. The van der Waals surface area contributed by atoms with E-state index in [1.165, 1.54) is 0 Å². The van der Waals surface area contributed by atoms with Crippen molar-refractivity contribution in [3.05, 3.63) is 0 Å². The summed E-state index contributed by atoms with van der Waals surface area (Å²) in [5, 5.41) is 21.2. The molecule has 0 radical (unpaired) electrons. The second-order valence-electron chi connectivity index (χ2n) is 7.89. The number of aliphatic hydroxyl groups excluding tert-OH is 1. The van der Waals surface area contributed by atoms with E-state index in [1.807, 2.05) is 6.92 Å². The molecular formula is C15H26O2. The summed E-state index contributed by atoms with van der Waals surface area (Å²) in [7, 11) is 0. The lowest BCUT2D eigenvalue weighted by atomic mass is 9.68. The highest BCUT2D eigenvalue weighted by Crippen LogP contribution is 2.73. The number of aliphatic hydroxyl groups is 2. The topological polar surface area (TPSA) is 40.5 Å². The van der Waals surface area contributed by atoms with Gasteiger partial charge in [-0.05, 0) is 61.2 Å². The smallest absolute Gasteiger partial charge is 0.0657 e. The van der Waals surface area contributed by atoms with Crippen LogP contribution in [0.4, 0.5) is 0 Å². The van der Waals surface area contributed by atoms with Gasteiger partial charge in [0.2, 0.25) is 0 Å². The molecule has 0 amide bonds. The van der Waals surface area contributed by atoms with Crippen molar-refractivity contribution < 1.29 is 10.2 Å². The van der Waals surface area contributed by atoms with Crippen molar-refractivity contribution in [2.75, 3.05) is 0 Å². The Morgan fingerprint density at radius 2 is 1.65 bits per heavy atom. The van der Waals surface area contributed by atoms with Crippen molar-refractivity contribution in [3.63, 3.8) is 0 Å². The van der Waals surface area contributed by atoms with E-state index in [2.05, 4.69) is 20.8 Å². The van der Waals surface area contributed by atoms with Gasteiger partial charge in [-0.1, -0.05) is 20.8 Å². The van der Waals surface area contributed by atoms with E-state index in [0.29, 0.717) is 17.3 Å². The molecule has 0 saturated heterocycles. The van der Waals surface area contributed by atoms with Crippen LogP contribution in [0.2, 0.25) is 0 Å². The largest absolute Gasteiger partial charge is 0.393 e. The number of hydrogen-bond acceptors (Lipinski definition) is 2. The molecule has 0 aromatic carbocycles. The summed E-state index contributed by atoms with van der Waals surface area (Å²) < 4.78 is 0. The van der Waals surface area contributed by atoms with Gasteiger partial charge in [-0.3, -0.25) is 0 Å². The summed E-state index contributed by atoms with van der Waals surface area (Å²) in [4.78, 5) is 0. The average Bonchev–Trinajstić information content (AvgIpc) is 2.67. The van der Waals surface area contributed by atoms with Gasteiger partial charge in [0, 0.05) is 0 Å². The van der Waals surface area contributed by atoms with Crippen molar-refractivity contribution >= 4 is 0 Å². The van der Waals surface area contributed by atoms with Crippen molar-refractivity contribution in [1.29, 1.82) is 0 Å². The minimum atomic E-state index is -0.573. The summed E-state index contributed by atoms with van der Waals surface area (Å²) in [5.74, 6) is 1.61. The lowest BCUT2D eigenvalue weighted by Crippen LogP contribution is -2.44. The van der Waals surface area contributed by atoms with E-state index in [0.717, 1.165) is 25.7 Å². The van der Waals surface area contributed by atoms with E-state index >= 15 is 0 Å². The maximum Gasteiger partial charge on any atom is 0.0657 e. The van der Waals surface area contributed by atoms with Gasteiger partial charge in [-0.2, -0.15) is 0 Å². The van der Waals surface area contributed by atoms with E-state index in [1.54, 1.807) is 0 Å². The molecule has 2 heteroatoms. The quantitative estimate of drug-likeness (QED) is 0.681. The molecule has 0 aliphatic heterocycles. The first-order valence-corrected chi connectivity index (χ1v) is 7.12. The first kappa shape index (κ1) is 12.0. The molecule has 2 unspecified atom stereocenters. The average molecular weight is 238 g/mol. The van der Waals surface area contributed by atoms with Crippen LogP contribution in [0.1, 0.15) is 53.4 Å². The zero-order valence-corrected chi connectivity index (χ0v) is 11.5. The molecule has 3 saturated carbocycles. The third kappa shape index (κ3) is 1.34. The minimum Gasteiger partial charge on any atom is -0.393 e. The summed E-state index contributed by atoms with van der Waals surface area (Å²) >= 11 is 0. The standard InChI is InChI=1S/C15H26O2/c1-13(2)9-5-6-10(16)14(3)7-8-15(4,17)12(14)11(9)13/h9-12,16-17H,5-8H2,1-4H3/t9?,10-,11?,12+,14-,15+/m1/s1. The monoisotopic (exact) mass is 238 g/mol. The molecule has 17 heavy (non-hydrogen) atoms. The molecule has 6 atom stereocenters. The molecule has 2 nitrogen and oxygen atoms in total. The summed E-state index contributed by atoms with van der Waals surface area (Å²) in [6.07, 6.45) is 3.68. The van der Waals surface area contributed by atoms with Gasteiger partial charge in [0.25, 0.3) is 0 Å². The first-order chi connectivity index (χ1) is 7.71. The second-order valence-corrected chi connectivity index (χ2v) is 7.89. The van der Waals surface area contributed by atoms with Crippen LogP contribution < -0.4 is 0 Å². The van der Waals surface area contributed by atoms with Gasteiger partial charge >= 0.3 is 0 Å². The molecule has 0 bridgehead atoms. The predicted octanol–water partition coefficient (Wildman–Crippen LogP) is 2.58. The van der Waals surface area contributed by atoms with E-state index in [4.69, 9.17) is 0 Å². The predicted molar refractivity (Wildman–Crippen MR) is 67.5 cm³/mol. The maximum absolute atomic E-state index is 10.7. The molecule has 3 fully saturated rings. The highest BCUT2D eigenvalue weighted by atomic mass is 16.3. The van der Waals surface area contributed by atoms with E-state index < -0.39 is 5.60 Å². The molecule has 0 spiro atoms. The van der Waals surface area contributed by atoms with Crippen molar-refractivity contribution in [1.82, 2.24) is 0 Å². The molecule has 3 aliphatic rings. The second kappa shape index (κ2) is 3.08. The molecule has 3 rings (SSSR count). The number of hydrogen-bond donors (Lipinski definition) is 2. The van der Waals surface area contributed by atoms with Gasteiger partial charge in [0.1, 0.15) is 0 Å². The Bertz CT molecular complexity index is 347. The Labute approximate surface area is 104 Å².